The lowest BCUT2D eigenvalue weighted by Gasteiger charge is -2.14. The molecule has 3 aromatic rings. The first-order chi connectivity index (χ1) is 15.0. The summed E-state index contributed by atoms with van der Waals surface area (Å²) in [7, 11) is 0. The second kappa shape index (κ2) is 10.9. The summed E-state index contributed by atoms with van der Waals surface area (Å²) in [6, 6.07) is 12.7. The van der Waals surface area contributed by atoms with Gasteiger partial charge in [-0.05, 0) is 48.7 Å². The highest BCUT2D eigenvalue weighted by molar-refractivity contribution is 6.06. The van der Waals surface area contributed by atoms with E-state index in [1.165, 1.54) is 23.1 Å². The van der Waals surface area contributed by atoms with E-state index in [0.717, 1.165) is 31.2 Å². The summed E-state index contributed by atoms with van der Waals surface area (Å²) >= 11 is 0. The second-order valence-corrected chi connectivity index (χ2v) is 7.83. The van der Waals surface area contributed by atoms with Crippen LogP contribution in [0.15, 0.2) is 59.5 Å². The minimum Gasteiger partial charge on any atom is -0.374 e. The Morgan fingerprint density at radius 3 is 2.52 bits per heavy atom. The monoisotopic (exact) mass is 424 g/mol. The molecule has 0 fully saturated rings. The third kappa shape index (κ3) is 6.01. The minimum absolute atomic E-state index is 0.229. The number of carbonyl (C=O) groups excluding carboxylic acids is 1. The van der Waals surface area contributed by atoms with Crippen LogP contribution in [0.5, 0.6) is 0 Å². The number of aliphatic hydroxyl groups is 1. The summed E-state index contributed by atoms with van der Waals surface area (Å²) in [6.45, 7) is 2.46. The quantitative estimate of drug-likeness (QED) is 0.369. The lowest BCUT2D eigenvalue weighted by molar-refractivity contribution is 0.0759. The fraction of sp³-hybridized carbons (Fsp3) is 0.360. The van der Waals surface area contributed by atoms with Crippen molar-refractivity contribution in [1.82, 2.24) is 9.88 Å². The average molecular weight is 425 g/mol. The van der Waals surface area contributed by atoms with E-state index in [1.54, 1.807) is 42.6 Å². The number of aliphatic hydroxyl groups excluding tert-OH is 1. The highest BCUT2D eigenvalue weighted by Gasteiger charge is 2.15. The summed E-state index contributed by atoms with van der Waals surface area (Å²) in [5.74, 6) is -0.726. The molecule has 1 heterocycles. The van der Waals surface area contributed by atoms with Gasteiger partial charge in [-0.3, -0.25) is 9.59 Å². The van der Waals surface area contributed by atoms with Gasteiger partial charge < -0.3 is 15.0 Å². The molecule has 0 saturated heterocycles. The molecule has 3 rings (SSSR count). The largest absolute Gasteiger partial charge is 0.374 e. The number of rotatable bonds is 10. The van der Waals surface area contributed by atoms with Crippen molar-refractivity contribution in [2.45, 2.75) is 58.2 Å². The van der Waals surface area contributed by atoms with Crippen molar-refractivity contribution >= 4 is 16.7 Å². The van der Waals surface area contributed by atoms with Gasteiger partial charge in [-0.1, -0.05) is 50.8 Å². The molecule has 2 aromatic carbocycles. The van der Waals surface area contributed by atoms with Crippen LogP contribution < -0.4 is 10.9 Å². The molecule has 164 valence electrons. The van der Waals surface area contributed by atoms with Crippen molar-refractivity contribution in [3.8, 4) is 0 Å². The molecular formula is C25H29FN2O3. The van der Waals surface area contributed by atoms with E-state index in [9.17, 15) is 19.1 Å². The Bertz CT molecular complexity index is 1080. The number of carbonyl (C=O) groups is 1. The van der Waals surface area contributed by atoms with Crippen molar-refractivity contribution in [3.63, 3.8) is 0 Å². The van der Waals surface area contributed by atoms with Gasteiger partial charge in [0.2, 0.25) is 0 Å². The number of benzene rings is 2. The molecular weight excluding hydrogens is 395 g/mol. The maximum absolute atomic E-state index is 13.1. The Morgan fingerprint density at radius 1 is 1.03 bits per heavy atom. The predicted octanol–water partition coefficient (Wildman–Crippen LogP) is 4.60. The first-order valence-electron chi connectivity index (χ1n) is 10.8. The lowest BCUT2D eigenvalue weighted by atomic mass is 10.0. The molecule has 1 unspecified atom stereocenters. The fourth-order valence-electron chi connectivity index (χ4n) is 3.67. The maximum Gasteiger partial charge on any atom is 0.258 e. The van der Waals surface area contributed by atoms with Crippen LogP contribution in [0.1, 0.15) is 61.4 Å². The topological polar surface area (TPSA) is 71.3 Å². The zero-order valence-corrected chi connectivity index (χ0v) is 17.8. The van der Waals surface area contributed by atoms with E-state index in [-0.39, 0.29) is 11.4 Å². The molecule has 0 bridgehead atoms. The molecule has 31 heavy (non-hydrogen) atoms. The SMILES string of the molecule is CCCCCCCC(O)NC(=O)c1cccc2c(=O)n(Cc3ccc(F)cc3)ccc12. The summed E-state index contributed by atoms with van der Waals surface area (Å²) in [5.41, 5.74) is 0.931. The van der Waals surface area contributed by atoms with E-state index >= 15 is 0 Å². The number of halogens is 1. The predicted molar refractivity (Wildman–Crippen MR) is 121 cm³/mol. The van der Waals surface area contributed by atoms with Gasteiger partial charge in [-0.15, -0.1) is 0 Å². The number of amides is 1. The standard InChI is InChI=1S/C25H29FN2O3/c1-2-3-4-5-6-10-23(29)27-24(30)21-8-7-9-22-20(21)15-16-28(25(22)31)17-18-11-13-19(26)14-12-18/h7-9,11-16,23,29H,2-6,10,17H2,1H3,(H,27,30). The summed E-state index contributed by atoms with van der Waals surface area (Å²) in [5, 5.41) is 13.8. The molecule has 1 atom stereocenters. The number of hydrogen-bond acceptors (Lipinski definition) is 3. The Balaban J connectivity index is 1.73. The Labute approximate surface area is 181 Å². The zero-order chi connectivity index (χ0) is 22.2. The van der Waals surface area contributed by atoms with E-state index in [2.05, 4.69) is 12.2 Å². The van der Waals surface area contributed by atoms with Gasteiger partial charge in [0.25, 0.3) is 11.5 Å². The molecule has 5 nitrogen and oxygen atoms in total. The van der Waals surface area contributed by atoms with E-state index in [0.29, 0.717) is 29.3 Å². The maximum atomic E-state index is 13.1. The lowest BCUT2D eigenvalue weighted by Crippen LogP contribution is -2.34. The number of nitrogens with one attached hydrogen (secondary N) is 1. The fourth-order valence-corrected chi connectivity index (χ4v) is 3.67. The third-order valence-electron chi connectivity index (χ3n) is 5.41. The average Bonchev–Trinajstić information content (AvgIpc) is 2.76. The second-order valence-electron chi connectivity index (χ2n) is 7.83. The molecule has 6 heteroatoms. The van der Waals surface area contributed by atoms with Crippen molar-refractivity contribution in [2.75, 3.05) is 0 Å². The summed E-state index contributed by atoms with van der Waals surface area (Å²) in [4.78, 5) is 25.6. The third-order valence-corrected chi connectivity index (χ3v) is 5.41. The summed E-state index contributed by atoms with van der Waals surface area (Å²) in [6.07, 6.45) is 6.57. The highest BCUT2D eigenvalue weighted by atomic mass is 19.1. The molecule has 1 amide bonds. The number of unbranched alkanes of at least 4 members (excludes halogenated alkanes) is 4. The van der Waals surface area contributed by atoms with E-state index < -0.39 is 12.1 Å². The van der Waals surface area contributed by atoms with Gasteiger partial charge in [0.1, 0.15) is 12.0 Å². The van der Waals surface area contributed by atoms with Crippen LogP contribution in [0.4, 0.5) is 4.39 Å². The molecule has 0 saturated carbocycles. The number of hydrogen-bond donors (Lipinski definition) is 2. The smallest absolute Gasteiger partial charge is 0.258 e. The van der Waals surface area contributed by atoms with Crippen LogP contribution in [0.3, 0.4) is 0 Å². The van der Waals surface area contributed by atoms with Crippen LogP contribution in [0, 0.1) is 5.82 Å². The Hall–Kier alpha value is -2.99. The van der Waals surface area contributed by atoms with Crippen molar-refractivity contribution < 1.29 is 14.3 Å². The number of pyridine rings is 1. The molecule has 0 aliphatic heterocycles. The van der Waals surface area contributed by atoms with Gasteiger partial charge in [0.15, 0.2) is 0 Å². The van der Waals surface area contributed by atoms with Crippen molar-refractivity contribution in [2.24, 2.45) is 0 Å². The summed E-state index contributed by atoms with van der Waals surface area (Å²) < 4.78 is 14.6. The van der Waals surface area contributed by atoms with E-state index in [4.69, 9.17) is 0 Å². The van der Waals surface area contributed by atoms with Gasteiger partial charge in [0.05, 0.1) is 6.54 Å². The molecule has 0 radical (unpaired) electrons. The Morgan fingerprint density at radius 2 is 1.77 bits per heavy atom. The number of fused-ring (bicyclic) bond motifs is 1. The van der Waals surface area contributed by atoms with Crippen LogP contribution in [-0.4, -0.2) is 21.8 Å². The van der Waals surface area contributed by atoms with Gasteiger partial charge in [-0.25, -0.2) is 4.39 Å². The van der Waals surface area contributed by atoms with Crippen LogP contribution in [0.2, 0.25) is 0 Å². The van der Waals surface area contributed by atoms with Crippen molar-refractivity contribution in [1.29, 1.82) is 0 Å². The molecule has 1 aromatic heterocycles. The number of aromatic nitrogens is 1. The van der Waals surface area contributed by atoms with Crippen molar-refractivity contribution in [3.05, 3.63) is 82.0 Å². The first kappa shape index (κ1) is 22.7. The van der Waals surface area contributed by atoms with Crippen LogP contribution in [0.25, 0.3) is 10.8 Å². The van der Waals surface area contributed by atoms with Gasteiger partial charge in [0, 0.05) is 22.5 Å². The minimum atomic E-state index is -0.914. The normalized spacial score (nSPS) is 12.1. The first-order valence-corrected chi connectivity index (χ1v) is 10.8. The molecule has 0 aliphatic carbocycles. The van der Waals surface area contributed by atoms with Gasteiger partial charge in [-0.2, -0.15) is 0 Å². The molecule has 0 aliphatic rings. The Kier molecular flexibility index (Phi) is 7.95. The molecule has 2 N–H and O–H groups in total. The highest BCUT2D eigenvalue weighted by Crippen LogP contribution is 2.17. The van der Waals surface area contributed by atoms with Gasteiger partial charge >= 0.3 is 0 Å². The molecule has 0 spiro atoms. The zero-order valence-electron chi connectivity index (χ0n) is 17.8. The van der Waals surface area contributed by atoms with Crippen LogP contribution >= 0.6 is 0 Å². The number of nitrogens with zero attached hydrogens (tertiary/aromatic N) is 1. The van der Waals surface area contributed by atoms with E-state index in [1.807, 2.05) is 0 Å². The van der Waals surface area contributed by atoms with Crippen LogP contribution in [-0.2, 0) is 6.54 Å².